The van der Waals surface area contributed by atoms with Crippen LogP contribution < -0.4 is 10.6 Å². The summed E-state index contributed by atoms with van der Waals surface area (Å²) in [5.74, 6) is 0.831. The number of rotatable bonds is 9. The molecule has 1 saturated heterocycles. The molecule has 138 valence electrons. The van der Waals surface area contributed by atoms with Crippen LogP contribution in [0.25, 0.3) is 0 Å². The third kappa shape index (κ3) is 6.94. The number of aliphatic hydroxyl groups excluding tert-OH is 1. The predicted octanol–water partition coefficient (Wildman–Crippen LogP) is 1.24. The minimum Gasteiger partial charge on any atom is -0.396 e. The third-order valence-corrected chi connectivity index (χ3v) is 4.16. The molecule has 2 rings (SSSR count). The molecule has 7 nitrogen and oxygen atoms in total. The van der Waals surface area contributed by atoms with Gasteiger partial charge in [0, 0.05) is 50.7 Å². The first-order chi connectivity index (χ1) is 11.3. The SMILES string of the molecule is CCNC(=NCC1(CCO)CCOC1)NCCCn1cccn1.I. The Morgan fingerprint density at radius 3 is 2.96 bits per heavy atom. The second-order valence-electron chi connectivity index (χ2n) is 6.02. The monoisotopic (exact) mass is 451 g/mol. The van der Waals surface area contributed by atoms with E-state index >= 15 is 0 Å². The van der Waals surface area contributed by atoms with Crippen LogP contribution in [0.4, 0.5) is 0 Å². The van der Waals surface area contributed by atoms with Crippen molar-refractivity contribution in [3.63, 3.8) is 0 Å². The maximum atomic E-state index is 9.28. The molecule has 8 heteroatoms. The number of hydrogen-bond acceptors (Lipinski definition) is 4. The fraction of sp³-hybridized carbons (Fsp3) is 0.750. The van der Waals surface area contributed by atoms with Crippen molar-refractivity contribution in [2.75, 3.05) is 39.5 Å². The Bertz CT molecular complexity index is 461. The first-order valence-electron chi connectivity index (χ1n) is 8.46. The van der Waals surface area contributed by atoms with E-state index in [0.29, 0.717) is 13.2 Å². The lowest BCUT2D eigenvalue weighted by Gasteiger charge is -2.24. The Morgan fingerprint density at radius 1 is 1.46 bits per heavy atom. The van der Waals surface area contributed by atoms with E-state index in [2.05, 4.69) is 22.7 Å². The van der Waals surface area contributed by atoms with Crippen molar-refractivity contribution in [2.24, 2.45) is 10.4 Å². The summed E-state index contributed by atoms with van der Waals surface area (Å²) >= 11 is 0. The van der Waals surface area contributed by atoms with Crippen LogP contribution in [0.3, 0.4) is 0 Å². The average molecular weight is 451 g/mol. The van der Waals surface area contributed by atoms with Gasteiger partial charge >= 0.3 is 0 Å². The van der Waals surface area contributed by atoms with Crippen molar-refractivity contribution < 1.29 is 9.84 Å². The van der Waals surface area contributed by atoms with Crippen LogP contribution in [-0.4, -0.2) is 60.3 Å². The van der Waals surface area contributed by atoms with Crippen LogP contribution in [0.2, 0.25) is 0 Å². The molecule has 1 aliphatic rings. The fourth-order valence-electron chi connectivity index (χ4n) is 2.76. The van der Waals surface area contributed by atoms with E-state index in [1.54, 1.807) is 6.20 Å². The number of aliphatic imine (C=N–C) groups is 1. The van der Waals surface area contributed by atoms with Crippen molar-refractivity contribution in [3.8, 4) is 0 Å². The molecule has 0 bridgehead atoms. The van der Waals surface area contributed by atoms with Crippen molar-refractivity contribution >= 4 is 29.9 Å². The summed E-state index contributed by atoms with van der Waals surface area (Å²) in [6.45, 7) is 6.95. The standard InChI is InChI=1S/C16H29N5O2.HI/c1-2-17-15(18-7-3-9-21-10-4-8-20-21)19-13-16(5-11-22)6-12-23-14-16;/h4,8,10,22H,2-3,5-7,9,11-14H2,1H3,(H2,17,18,19);1H. The van der Waals surface area contributed by atoms with E-state index in [1.165, 1.54) is 0 Å². The third-order valence-electron chi connectivity index (χ3n) is 4.16. The molecule has 1 atom stereocenters. The van der Waals surface area contributed by atoms with Crippen LogP contribution in [-0.2, 0) is 11.3 Å². The Balaban J connectivity index is 0.00000288. The maximum absolute atomic E-state index is 9.28. The van der Waals surface area contributed by atoms with Crippen molar-refractivity contribution in [1.82, 2.24) is 20.4 Å². The number of halogens is 1. The smallest absolute Gasteiger partial charge is 0.191 e. The normalized spacial score (nSPS) is 20.7. The number of aliphatic hydroxyl groups is 1. The molecule has 24 heavy (non-hydrogen) atoms. The second-order valence-corrected chi connectivity index (χ2v) is 6.02. The molecule has 0 spiro atoms. The zero-order valence-electron chi connectivity index (χ0n) is 14.4. The van der Waals surface area contributed by atoms with Gasteiger partial charge in [0.15, 0.2) is 5.96 Å². The maximum Gasteiger partial charge on any atom is 0.191 e. The van der Waals surface area contributed by atoms with Gasteiger partial charge in [-0.15, -0.1) is 24.0 Å². The molecular formula is C16H30IN5O2. The van der Waals surface area contributed by atoms with E-state index in [9.17, 15) is 5.11 Å². The van der Waals surface area contributed by atoms with Gasteiger partial charge in [0.2, 0.25) is 0 Å². The molecule has 0 radical (unpaired) electrons. The summed E-state index contributed by atoms with van der Waals surface area (Å²) in [6, 6.07) is 1.93. The van der Waals surface area contributed by atoms with Crippen molar-refractivity contribution in [1.29, 1.82) is 0 Å². The van der Waals surface area contributed by atoms with Gasteiger partial charge in [-0.25, -0.2) is 0 Å². The highest BCUT2D eigenvalue weighted by atomic mass is 127. The van der Waals surface area contributed by atoms with E-state index in [-0.39, 0.29) is 36.0 Å². The van der Waals surface area contributed by atoms with Crippen LogP contribution in [0, 0.1) is 5.41 Å². The van der Waals surface area contributed by atoms with Gasteiger partial charge in [0.05, 0.1) is 13.2 Å². The predicted molar refractivity (Wildman–Crippen MR) is 106 cm³/mol. The average Bonchev–Trinajstić information content (AvgIpc) is 3.22. The van der Waals surface area contributed by atoms with Crippen LogP contribution in [0.1, 0.15) is 26.2 Å². The Kier molecular flexibility index (Phi) is 10.3. The molecule has 1 aromatic heterocycles. The first-order valence-corrected chi connectivity index (χ1v) is 8.46. The van der Waals surface area contributed by atoms with Crippen LogP contribution >= 0.6 is 24.0 Å². The van der Waals surface area contributed by atoms with Crippen LogP contribution in [0.5, 0.6) is 0 Å². The van der Waals surface area contributed by atoms with Gasteiger partial charge in [-0.2, -0.15) is 5.10 Å². The van der Waals surface area contributed by atoms with Crippen molar-refractivity contribution in [2.45, 2.75) is 32.7 Å². The van der Waals surface area contributed by atoms with Crippen molar-refractivity contribution in [3.05, 3.63) is 18.5 Å². The fourth-order valence-corrected chi connectivity index (χ4v) is 2.76. The van der Waals surface area contributed by atoms with E-state index in [4.69, 9.17) is 9.73 Å². The Labute approximate surface area is 161 Å². The number of ether oxygens (including phenoxy) is 1. The minimum absolute atomic E-state index is 0. The molecule has 0 amide bonds. The summed E-state index contributed by atoms with van der Waals surface area (Å²) in [7, 11) is 0. The first kappa shape index (κ1) is 21.2. The molecule has 1 aromatic rings. The summed E-state index contributed by atoms with van der Waals surface area (Å²) in [6.07, 6.45) is 6.46. The molecule has 0 aromatic carbocycles. The molecule has 1 unspecified atom stereocenters. The van der Waals surface area contributed by atoms with Gasteiger partial charge in [-0.3, -0.25) is 9.67 Å². The quantitative estimate of drug-likeness (QED) is 0.228. The lowest BCUT2D eigenvalue weighted by atomic mass is 9.84. The van der Waals surface area contributed by atoms with Gasteiger partial charge < -0.3 is 20.5 Å². The van der Waals surface area contributed by atoms with E-state index in [0.717, 1.165) is 51.5 Å². The Morgan fingerprint density at radius 2 is 2.33 bits per heavy atom. The molecule has 0 saturated carbocycles. The van der Waals surface area contributed by atoms with Gasteiger partial charge in [0.1, 0.15) is 0 Å². The molecule has 1 aliphatic heterocycles. The highest BCUT2D eigenvalue weighted by Gasteiger charge is 2.34. The van der Waals surface area contributed by atoms with Gasteiger partial charge in [0.25, 0.3) is 0 Å². The second kappa shape index (κ2) is 11.6. The minimum atomic E-state index is -0.00778. The largest absolute Gasteiger partial charge is 0.396 e. The van der Waals surface area contributed by atoms with E-state index in [1.807, 2.05) is 16.9 Å². The highest BCUT2D eigenvalue weighted by molar-refractivity contribution is 14.0. The lowest BCUT2D eigenvalue weighted by Crippen LogP contribution is -2.39. The Hall–Kier alpha value is -0.870. The molecular weight excluding hydrogens is 421 g/mol. The summed E-state index contributed by atoms with van der Waals surface area (Å²) in [4.78, 5) is 4.70. The molecule has 0 aliphatic carbocycles. The topological polar surface area (TPSA) is 83.7 Å². The zero-order chi connectivity index (χ0) is 16.4. The molecule has 1 fully saturated rings. The molecule has 2 heterocycles. The number of aromatic nitrogens is 2. The van der Waals surface area contributed by atoms with Gasteiger partial charge in [-0.05, 0) is 32.3 Å². The summed E-state index contributed by atoms with van der Waals surface area (Å²) in [5.41, 5.74) is -0.00778. The number of nitrogens with one attached hydrogen (secondary N) is 2. The van der Waals surface area contributed by atoms with E-state index < -0.39 is 0 Å². The number of guanidine groups is 1. The zero-order valence-corrected chi connectivity index (χ0v) is 16.7. The van der Waals surface area contributed by atoms with Gasteiger partial charge in [-0.1, -0.05) is 0 Å². The highest BCUT2D eigenvalue weighted by Crippen LogP contribution is 2.32. The lowest BCUT2D eigenvalue weighted by molar-refractivity contribution is 0.131. The number of hydrogen-bond donors (Lipinski definition) is 3. The number of nitrogens with zero attached hydrogens (tertiary/aromatic N) is 3. The number of aryl methyl sites for hydroxylation is 1. The summed E-state index contributed by atoms with van der Waals surface area (Å²) in [5, 5.41) is 20.1. The molecule has 3 N–H and O–H groups in total. The van der Waals surface area contributed by atoms with Crippen LogP contribution in [0.15, 0.2) is 23.5 Å². The summed E-state index contributed by atoms with van der Waals surface area (Å²) < 4.78 is 7.44.